The van der Waals surface area contributed by atoms with Crippen molar-refractivity contribution in [3.8, 4) is 5.75 Å². The van der Waals surface area contributed by atoms with Gasteiger partial charge in [-0.2, -0.15) is 11.8 Å². The van der Waals surface area contributed by atoms with Gasteiger partial charge < -0.3 is 15.2 Å². The Kier molecular flexibility index (Phi) is 7.53. The normalized spacial score (nSPS) is 11.6. The summed E-state index contributed by atoms with van der Waals surface area (Å²) < 4.78 is 5.69. The van der Waals surface area contributed by atoms with Gasteiger partial charge in [0.2, 0.25) is 0 Å². The summed E-state index contributed by atoms with van der Waals surface area (Å²) in [5.41, 5.74) is 2.81. The molecule has 2 aromatic rings. The zero-order valence-corrected chi connectivity index (χ0v) is 15.7. The van der Waals surface area contributed by atoms with E-state index < -0.39 is 12.1 Å². The number of carbonyl (C=O) groups excluding carboxylic acids is 1. The molecule has 1 atom stereocenters. The fourth-order valence-electron chi connectivity index (χ4n) is 2.28. The van der Waals surface area contributed by atoms with Crippen molar-refractivity contribution in [3.05, 3.63) is 59.7 Å². The van der Waals surface area contributed by atoms with Crippen LogP contribution in [0.3, 0.4) is 0 Å². The quantitative estimate of drug-likeness (QED) is 0.647. The number of hydrogen-bond acceptors (Lipinski definition) is 4. The van der Waals surface area contributed by atoms with Gasteiger partial charge in [-0.25, -0.2) is 0 Å². The summed E-state index contributed by atoms with van der Waals surface area (Å²) in [4.78, 5) is 22.9. The molecule has 1 amide bonds. The number of carbonyl (C=O) groups is 2. The summed E-state index contributed by atoms with van der Waals surface area (Å²) in [6.07, 6.45) is -0.472. The van der Waals surface area contributed by atoms with Gasteiger partial charge in [0.15, 0.2) is 6.10 Å². The lowest BCUT2D eigenvalue weighted by Crippen LogP contribution is -2.30. The molecule has 0 aliphatic rings. The monoisotopic (exact) mass is 373 g/mol. The molecule has 138 valence electrons. The van der Waals surface area contributed by atoms with Crippen molar-refractivity contribution >= 4 is 29.3 Å². The molecule has 1 unspecified atom stereocenters. The van der Waals surface area contributed by atoms with Crippen LogP contribution >= 0.6 is 11.8 Å². The second-order valence-corrected chi connectivity index (χ2v) is 7.07. The number of nitrogens with one attached hydrogen (secondary N) is 1. The predicted molar refractivity (Wildman–Crippen MR) is 105 cm³/mol. The van der Waals surface area contributed by atoms with Crippen LogP contribution < -0.4 is 10.1 Å². The van der Waals surface area contributed by atoms with Gasteiger partial charge in [-0.1, -0.05) is 24.3 Å². The Bertz CT molecular complexity index is 763. The van der Waals surface area contributed by atoms with Gasteiger partial charge in [0.1, 0.15) is 5.75 Å². The SMILES string of the molecule is Cc1cccc(OC(C)C(=O)Nc2cccc(CSCCC(=O)O)c2)c1. The van der Waals surface area contributed by atoms with Gasteiger partial charge in [-0.3, -0.25) is 9.59 Å². The number of thioether (sulfide) groups is 1. The van der Waals surface area contributed by atoms with Crippen LogP contribution in [0.25, 0.3) is 0 Å². The standard InChI is InChI=1S/C20H23NO4S/c1-14-5-3-8-18(11-14)25-15(2)20(24)21-17-7-4-6-16(12-17)13-26-10-9-19(22)23/h3-8,11-12,15H,9-10,13H2,1-2H3,(H,21,24)(H,22,23). The van der Waals surface area contributed by atoms with E-state index in [1.807, 2.05) is 55.5 Å². The Hall–Kier alpha value is -2.47. The van der Waals surface area contributed by atoms with E-state index in [-0.39, 0.29) is 12.3 Å². The van der Waals surface area contributed by atoms with E-state index in [1.165, 1.54) is 0 Å². The highest BCUT2D eigenvalue weighted by Crippen LogP contribution is 2.18. The van der Waals surface area contributed by atoms with Gasteiger partial charge >= 0.3 is 5.97 Å². The smallest absolute Gasteiger partial charge is 0.304 e. The molecule has 2 N–H and O–H groups in total. The van der Waals surface area contributed by atoms with Gasteiger partial charge in [0.05, 0.1) is 6.42 Å². The molecule has 5 nitrogen and oxygen atoms in total. The number of carboxylic acids is 1. The summed E-state index contributed by atoms with van der Waals surface area (Å²) >= 11 is 1.55. The summed E-state index contributed by atoms with van der Waals surface area (Å²) in [5.74, 6) is 0.916. The molecule has 0 radical (unpaired) electrons. The third-order valence-electron chi connectivity index (χ3n) is 3.60. The maximum absolute atomic E-state index is 12.3. The van der Waals surface area contributed by atoms with Gasteiger partial charge in [0.25, 0.3) is 5.91 Å². The molecule has 0 aliphatic heterocycles. The molecule has 0 heterocycles. The maximum Gasteiger partial charge on any atom is 0.304 e. The van der Waals surface area contributed by atoms with Crippen LogP contribution in [0.2, 0.25) is 0 Å². The molecule has 0 spiro atoms. The summed E-state index contributed by atoms with van der Waals surface area (Å²) in [6, 6.07) is 15.1. The van der Waals surface area contributed by atoms with Crippen LogP contribution in [-0.2, 0) is 15.3 Å². The second-order valence-electron chi connectivity index (χ2n) is 5.96. The molecular formula is C20H23NO4S. The van der Waals surface area contributed by atoms with Crippen molar-refractivity contribution in [2.24, 2.45) is 0 Å². The molecule has 0 saturated carbocycles. The number of aliphatic carboxylic acids is 1. The first-order chi connectivity index (χ1) is 12.4. The number of amides is 1. The fourth-order valence-corrected chi connectivity index (χ4v) is 3.16. The summed E-state index contributed by atoms with van der Waals surface area (Å²) in [5, 5.41) is 11.5. The molecular weight excluding hydrogens is 350 g/mol. The third kappa shape index (κ3) is 6.80. The average molecular weight is 373 g/mol. The molecule has 2 aromatic carbocycles. The number of carboxylic acid groups (broad SMARTS) is 1. The summed E-state index contributed by atoms with van der Waals surface area (Å²) in [7, 11) is 0. The number of benzene rings is 2. The lowest BCUT2D eigenvalue weighted by Gasteiger charge is -2.15. The Labute approximate surface area is 157 Å². The molecule has 0 fully saturated rings. The van der Waals surface area contributed by atoms with Crippen molar-refractivity contribution in [3.63, 3.8) is 0 Å². The lowest BCUT2D eigenvalue weighted by atomic mass is 10.2. The highest BCUT2D eigenvalue weighted by Gasteiger charge is 2.15. The van der Waals surface area contributed by atoms with E-state index in [1.54, 1.807) is 18.7 Å². The van der Waals surface area contributed by atoms with Crippen LogP contribution in [-0.4, -0.2) is 28.8 Å². The van der Waals surface area contributed by atoms with Crippen LogP contribution in [0, 0.1) is 6.92 Å². The number of hydrogen-bond donors (Lipinski definition) is 2. The highest BCUT2D eigenvalue weighted by molar-refractivity contribution is 7.98. The van der Waals surface area contributed by atoms with Crippen molar-refractivity contribution < 1.29 is 19.4 Å². The van der Waals surface area contributed by atoms with Gasteiger partial charge in [-0.15, -0.1) is 0 Å². The van der Waals surface area contributed by atoms with E-state index in [2.05, 4.69) is 5.32 Å². The molecule has 0 saturated heterocycles. The van der Waals surface area contributed by atoms with Crippen LogP contribution in [0.15, 0.2) is 48.5 Å². The Morgan fingerprint density at radius 3 is 2.69 bits per heavy atom. The van der Waals surface area contributed by atoms with E-state index in [0.29, 0.717) is 22.9 Å². The van der Waals surface area contributed by atoms with Crippen LogP contribution in [0.4, 0.5) is 5.69 Å². The van der Waals surface area contributed by atoms with Crippen LogP contribution in [0.5, 0.6) is 5.75 Å². The first kappa shape index (κ1) is 19.8. The number of aryl methyl sites for hydroxylation is 1. The molecule has 0 bridgehead atoms. The molecule has 0 aromatic heterocycles. The number of rotatable bonds is 9. The van der Waals surface area contributed by atoms with Crippen molar-refractivity contribution in [1.29, 1.82) is 0 Å². The largest absolute Gasteiger partial charge is 0.481 e. The van der Waals surface area contributed by atoms with Crippen molar-refractivity contribution in [2.45, 2.75) is 32.1 Å². The third-order valence-corrected chi connectivity index (χ3v) is 4.63. The average Bonchev–Trinajstić information content (AvgIpc) is 2.59. The Morgan fingerprint density at radius 1 is 1.19 bits per heavy atom. The van der Waals surface area contributed by atoms with E-state index in [0.717, 1.165) is 11.1 Å². The molecule has 26 heavy (non-hydrogen) atoms. The number of anilines is 1. The van der Waals surface area contributed by atoms with Crippen molar-refractivity contribution in [1.82, 2.24) is 0 Å². The van der Waals surface area contributed by atoms with Gasteiger partial charge in [0, 0.05) is 17.2 Å². The molecule has 2 rings (SSSR count). The van der Waals surface area contributed by atoms with Crippen molar-refractivity contribution in [2.75, 3.05) is 11.1 Å². The Morgan fingerprint density at radius 2 is 1.96 bits per heavy atom. The molecule has 0 aliphatic carbocycles. The Balaban J connectivity index is 1.87. The molecule has 6 heteroatoms. The van der Waals surface area contributed by atoms with E-state index in [4.69, 9.17) is 9.84 Å². The van der Waals surface area contributed by atoms with E-state index >= 15 is 0 Å². The summed E-state index contributed by atoms with van der Waals surface area (Å²) in [6.45, 7) is 3.68. The first-order valence-corrected chi connectivity index (χ1v) is 9.52. The topological polar surface area (TPSA) is 75.6 Å². The lowest BCUT2D eigenvalue weighted by molar-refractivity contribution is -0.136. The zero-order valence-electron chi connectivity index (χ0n) is 14.9. The zero-order chi connectivity index (χ0) is 18.9. The number of ether oxygens (including phenoxy) is 1. The maximum atomic E-state index is 12.3. The van der Waals surface area contributed by atoms with E-state index in [9.17, 15) is 9.59 Å². The first-order valence-electron chi connectivity index (χ1n) is 8.36. The minimum Gasteiger partial charge on any atom is -0.481 e. The van der Waals surface area contributed by atoms with Gasteiger partial charge in [-0.05, 0) is 49.2 Å². The minimum absolute atomic E-state index is 0.148. The second kappa shape index (κ2) is 9.87. The predicted octanol–water partition coefficient (Wildman–Crippen LogP) is 4.11. The van der Waals surface area contributed by atoms with Crippen LogP contribution in [0.1, 0.15) is 24.5 Å². The minimum atomic E-state index is -0.791. The fraction of sp³-hybridized carbons (Fsp3) is 0.300. The highest BCUT2D eigenvalue weighted by atomic mass is 32.2.